The Morgan fingerprint density at radius 1 is 1.26 bits per heavy atom. The van der Waals surface area contributed by atoms with Crippen LogP contribution in [0.25, 0.3) is 5.69 Å². The number of hydrogen-bond donors (Lipinski definition) is 2. The van der Waals surface area contributed by atoms with Gasteiger partial charge in [-0.2, -0.15) is 4.68 Å². The molecule has 138 valence electrons. The Morgan fingerprint density at radius 3 is 2.74 bits per heavy atom. The van der Waals surface area contributed by atoms with E-state index in [0.29, 0.717) is 23.0 Å². The maximum absolute atomic E-state index is 12.5. The normalized spacial score (nSPS) is 14.6. The first-order chi connectivity index (χ1) is 13.2. The first-order valence-electron chi connectivity index (χ1n) is 8.75. The van der Waals surface area contributed by atoms with Gasteiger partial charge in [0.2, 0.25) is 5.91 Å². The van der Waals surface area contributed by atoms with E-state index in [1.807, 2.05) is 30.3 Å². The molecule has 1 fully saturated rings. The molecule has 0 spiro atoms. The van der Waals surface area contributed by atoms with Crippen LogP contribution in [0.2, 0.25) is 0 Å². The van der Waals surface area contributed by atoms with E-state index in [1.165, 1.54) is 0 Å². The number of amides is 1. The van der Waals surface area contributed by atoms with Crippen LogP contribution >= 0.6 is 0 Å². The summed E-state index contributed by atoms with van der Waals surface area (Å²) in [6.07, 6.45) is 2.15. The molecule has 1 unspecified atom stereocenters. The van der Waals surface area contributed by atoms with Gasteiger partial charge < -0.3 is 15.8 Å². The summed E-state index contributed by atoms with van der Waals surface area (Å²) >= 11 is 0. The maximum Gasteiger partial charge on any atom is 0.245 e. The Kier molecular flexibility index (Phi) is 4.55. The minimum Gasteiger partial charge on any atom is -0.494 e. The molecular weight excluding hydrogens is 344 g/mol. The third kappa shape index (κ3) is 3.52. The summed E-state index contributed by atoms with van der Waals surface area (Å²) in [5, 5.41) is 14.9. The minimum absolute atomic E-state index is 0.295. The van der Waals surface area contributed by atoms with Crippen LogP contribution in [-0.4, -0.2) is 33.2 Å². The van der Waals surface area contributed by atoms with Gasteiger partial charge in [-0.25, -0.2) is 0 Å². The molecule has 0 aliphatic heterocycles. The van der Waals surface area contributed by atoms with Crippen LogP contribution in [0, 0.1) is 0 Å². The summed E-state index contributed by atoms with van der Waals surface area (Å²) < 4.78 is 7.12. The smallest absolute Gasteiger partial charge is 0.245 e. The molecule has 1 atom stereocenters. The molecule has 8 heteroatoms. The fourth-order valence-corrected chi connectivity index (χ4v) is 2.93. The molecule has 1 aliphatic rings. The topological polar surface area (TPSA) is 108 Å². The molecule has 2 aromatic carbocycles. The van der Waals surface area contributed by atoms with E-state index in [2.05, 4.69) is 20.8 Å². The summed E-state index contributed by atoms with van der Waals surface area (Å²) in [6, 6.07) is 13.8. The quantitative estimate of drug-likeness (QED) is 0.694. The highest BCUT2D eigenvalue weighted by atomic mass is 16.5. The molecule has 3 N–H and O–H groups in total. The van der Waals surface area contributed by atoms with E-state index in [0.717, 1.165) is 24.2 Å². The summed E-state index contributed by atoms with van der Waals surface area (Å²) in [5.74, 6) is 1.50. The molecule has 3 aromatic rings. The number of benzene rings is 2. The number of methoxy groups -OCH3 is 1. The number of carbonyl (C=O) groups is 1. The molecule has 4 rings (SSSR count). The van der Waals surface area contributed by atoms with Gasteiger partial charge in [-0.05, 0) is 47.0 Å². The monoisotopic (exact) mass is 364 g/mol. The fraction of sp³-hybridized carbons (Fsp3) is 0.263. The first kappa shape index (κ1) is 17.2. The van der Waals surface area contributed by atoms with Crippen LogP contribution in [0.4, 0.5) is 5.69 Å². The Labute approximate surface area is 156 Å². The van der Waals surface area contributed by atoms with Gasteiger partial charge in [-0.3, -0.25) is 4.79 Å². The van der Waals surface area contributed by atoms with E-state index in [9.17, 15) is 4.79 Å². The lowest BCUT2D eigenvalue weighted by Crippen LogP contribution is -2.27. The van der Waals surface area contributed by atoms with Crippen LogP contribution in [0.1, 0.15) is 36.2 Å². The summed E-state index contributed by atoms with van der Waals surface area (Å²) in [5.41, 5.74) is 8.10. The van der Waals surface area contributed by atoms with E-state index in [-0.39, 0.29) is 5.91 Å². The lowest BCUT2D eigenvalue weighted by molar-refractivity contribution is -0.117. The van der Waals surface area contributed by atoms with Crippen molar-refractivity contribution >= 4 is 11.6 Å². The second-order valence-electron chi connectivity index (χ2n) is 6.49. The Hall–Kier alpha value is -3.26. The standard InChI is InChI=1S/C19H20N6O2/c1-27-16-10-9-14(21-19(26)17(20)12-5-3-2-4-6-12)11-15(16)25-18(13-7-8-13)22-23-24-25/h2-6,9-11,13,17H,7-8,20H2,1H3,(H,21,26). The van der Waals surface area contributed by atoms with Gasteiger partial charge in [0.05, 0.1) is 7.11 Å². The molecule has 0 saturated heterocycles. The summed E-state index contributed by atoms with van der Waals surface area (Å²) in [7, 11) is 1.59. The van der Waals surface area contributed by atoms with Crippen molar-refractivity contribution in [3.05, 3.63) is 59.9 Å². The van der Waals surface area contributed by atoms with Crippen molar-refractivity contribution in [2.75, 3.05) is 12.4 Å². The van der Waals surface area contributed by atoms with Gasteiger partial charge in [0.15, 0.2) is 5.82 Å². The average Bonchev–Trinajstić information content (AvgIpc) is 3.44. The summed E-state index contributed by atoms with van der Waals surface area (Å²) in [4.78, 5) is 12.5. The largest absolute Gasteiger partial charge is 0.494 e. The number of tetrazole rings is 1. The van der Waals surface area contributed by atoms with Crippen LogP contribution in [0.15, 0.2) is 48.5 Å². The zero-order valence-corrected chi connectivity index (χ0v) is 14.9. The van der Waals surface area contributed by atoms with Gasteiger partial charge in [0.25, 0.3) is 0 Å². The van der Waals surface area contributed by atoms with Crippen molar-refractivity contribution in [2.24, 2.45) is 5.73 Å². The number of nitrogens with two attached hydrogens (primary N) is 1. The maximum atomic E-state index is 12.5. The molecule has 0 bridgehead atoms. The van der Waals surface area contributed by atoms with Gasteiger partial charge >= 0.3 is 0 Å². The van der Waals surface area contributed by atoms with E-state index in [4.69, 9.17) is 10.5 Å². The predicted octanol–water partition coefficient (Wildman–Crippen LogP) is 2.19. The van der Waals surface area contributed by atoms with Gasteiger partial charge in [-0.1, -0.05) is 30.3 Å². The number of aromatic nitrogens is 4. The summed E-state index contributed by atoms with van der Waals surface area (Å²) in [6.45, 7) is 0. The molecule has 0 radical (unpaired) electrons. The molecule has 1 aromatic heterocycles. The van der Waals surface area contributed by atoms with E-state index < -0.39 is 6.04 Å². The highest BCUT2D eigenvalue weighted by Crippen LogP contribution is 2.40. The Morgan fingerprint density at radius 2 is 2.04 bits per heavy atom. The molecule has 1 saturated carbocycles. The second kappa shape index (κ2) is 7.16. The van der Waals surface area contributed by atoms with Crippen molar-refractivity contribution in [3.63, 3.8) is 0 Å². The number of nitrogens with one attached hydrogen (secondary N) is 1. The van der Waals surface area contributed by atoms with Crippen molar-refractivity contribution in [1.82, 2.24) is 20.2 Å². The minimum atomic E-state index is -0.758. The number of nitrogens with zero attached hydrogens (tertiary/aromatic N) is 4. The van der Waals surface area contributed by atoms with E-state index >= 15 is 0 Å². The van der Waals surface area contributed by atoms with E-state index in [1.54, 1.807) is 30.0 Å². The zero-order chi connectivity index (χ0) is 18.8. The van der Waals surface area contributed by atoms with Crippen LogP contribution in [0.5, 0.6) is 5.75 Å². The van der Waals surface area contributed by atoms with Crippen molar-refractivity contribution in [1.29, 1.82) is 0 Å². The third-order valence-corrected chi connectivity index (χ3v) is 4.55. The average molecular weight is 364 g/mol. The fourth-order valence-electron chi connectivity index (χ4n) is 2.93. The lowest BCUT2D eigenvalue weighted by atomic mass is 10.1. The number of carbonyl (C=O) groups excluding carboxylic acids is 1. The van der Waals surface area contributed by atoms with Gasteiger partial charge in [-0.15, -0.1) is 5.10 Å². The molecule has 1 heterocycles. The second-order valence-corrected chi connectivity index (χ2v) is 6.49. The number of hydrogen-bond acceptors (Lipinski definition) is 6. The highest BCUT2D eigenvalue weighted by Gasteiger charge is 2.30. The number of rotatable bonds is 6. The Bertz CT molecular complexity index is 952. The molecule has 27 heavy (non-hydrogen) atoms. The van der Waals surface area contributed by atoms with Crippen LogP contribution in [-0.2, 0) is 4.79 Å². The molecule has 8 nitrogen and oxygen atoms in total. The van der Waals surface area contributed by atoms with Gasteiger partial charge in [0, 0.05) is 11.6 Å². The third-order valence-electron chi connectivity index (χ3n) is 4.55. The number of anilines is 1. The first-order valence-corrected chi connectivity index (χ1v) is 8.75. The van der Waals surface area contributed by atoms with Crippen LogP contribution < -0.4 is 15.8 Å². The predicted molar refractivity (Wildman–Crippen MR) is 99.7 cm³/mol. The lowest BCUT2D eigenvalue weighted by Gasteiger charge is -2.15. The van der Waals surface area contributed by atoms with Crippen molar-refractivity contribution < 1.29 is 9.53 Å². The molecule has 1 aliphatic carbocycles. The Balaban J connectivity index is 1.61. The molecule has 1 amide bonds. The van der Waals surface area contributed by atoms with Crippen molar-refractivity contribution in [3.8, 4) is 11.4 Å². The van der Waals surface area contributed by atoms with Gasteiger partial charge in [0.1, 0.15) is 17.5 Å². The van der Waals surface area contributed by atoms with Crippen molar-refractivity contribution in [2.45, 2.75) is 24.8 Å². The van der Waals surface area contributed by atoms with Crippen LogP contribution in [0.3, 0.4) is 0 Å². The number of ether oxygens (including phenoxy) is 1. The highest BCUT2D eigenvalue weighted by molar-refractivity contribution is 5.95. The SMILES string of the molecule is COc1ccc(NC(=O)C(N)c2ccccc2)cc1-n1nnnc1C1CC1. The molecular formula is C19H20N6O2. The zero-order valence-electron chi connectivity index (χ0n) is 14.9.